The van der Waals surface area contributed by atoms with Crippen molar-refractivity contribution >= 4 is 7.82 Å². The fourth-order valence-corrected chi connectivity index (χ4v) is 1.55. The molecule has 13 heteroatoms. The van der Waals surface area contributed by atoms with Gasteiger partial charge in [-0.3, -0.25) is 0 Å². The van der Waals surface area contributed by atoms with Crippen molar-refractivity contribution in [3.63, 3.8) is 0 Å². The van der Waals surface area contributed by atoms with E-state index in [0.717, 1.165) is 0 Å². The van der Waals surface area contributed by atoms with E-state index in [1.54, 1.807) is 6.92 Å². The zero-order chi connectivity index (χ0) is 17.7. The van der Waals surface area contributed by atoms with E-state index in [0.29, 0.717) is 0 Å². The van der Waals surface area contributed by atoms with Crippen LogP contribution >= 0.6 is 7.82 Å². The molecule has 10 N–H and O–H groups in total. The van der Waals surface area contributed by atoms with Crippen LogP contribution in [-0.4, -0.2) is 89.9 Å². The number of rotatable bonds is 4. The second-order valence-corrected chi connectivity index (χ2v) is 5.61. The molecule has 22 heavy (non-hydrogen) atoms. The van der Waals surface area contributed by atoms with Gasteiger partial charge in [0.1, 0.15) is 36.7 Å². The van der Waals surface area contributed by atoms with Gasteiger partial charge < -0.3 is 55.4 Å². The molecule has 0 aromatic carbocycles. The van der Waals surface area contributed by atoms with Crippen molar-refractivity contribution in [2.24, 2.45) is 5.73 Å². The van der Waals surface area contributed by atoms with E-state index >= 15 is 0 Å². The first kappa shape index (κ1) is 21.8. The number of aliphatic hydroxyl groups is 5. The van der Waals surface area contributed by atoms with Gasteiger partial charge in [0.2, 0.25) is 0 Å². The Hall–Kier alpha value is -0.210. The van der Waals surface area contributed by atoms with Gasteiger partial charge in [0.15, 0.2) is 6.29 Å². The van der Waals surface area contributed by atoms with Crippen molar-refractivity contribution in [1.29, 1.82) is 0 Å². The molecule has 0 aliphatic carbocycles. The van der Waals surface area contributed by atoms with Crippen LogP contribution < -0.4 is 5.73 Å². The van der Waals surface area contributed by atoms with Gasteiger partial charge in [-0.05, 0) is 6.92 Å². The standard InChI is InChI=1S/C9H19NO7.H3O4P/c1-3(10)16-2-4(11)8-6(13)5(12)7(14)9(15)17-8;1-5(2,3)4/h3-9,11-15H,2,10H2,1H3;(H3,1,2,3,4)/t3?,4-,5+,6+,7+,8-,9-;/m1./s1. The van der Waals surface area contributed by atoms with E-state index in [-0.39, 0.29) is 6.61 Å². The maximum absolute atomic E-state index is 9.65. The van der Waals surface area contributed by atoms with Crippen LogP contribution in [0.4, 0.5) is 0 Å². The van der Waals surface area contributed by atoms with Crippen molar-refractivity contribution in [2.75, 3.05) is 6.61 Å². The lowest BCUT2D eigenvalue weighted by Crippen LogP contribution is -2.61. The number of hydrogen-bond acceptors (Lipinski definition) is 9. The average Bonchev–Trinajstić information content (AvgIpc) is 2.35. The summed E-state index contributed by atoms with van der Waals surface area (Å²) in [5.74, 6) is 0. The lowest BCUT2D eigenvalue weighted by molar-refractivity contribution is -0.299. The van der Waals surface area contributed by atoms with E-state index in [1.165, 1.54) is 0 Å². The lowest BCUT2D eigenvalue weighted by atomic mass is 9.96. The number of ether oxygens (including phenoxy) is 2. The average molecular weight is 351 g/mol. The van der Waals surface area contributed by atoms with Crippen molar-refractivity contribution in [3.8, 4) is 0 Å². The molecule has 0 aromatic heterocycles. The van der Waals surface area contributed by atoms with E-state index < -0.39 is 50.9 Å². The minimum Gasteiger partial charge on any atom is -0.388 e. The fourth-order valence-electron chi connectivity index (χ4n) is 1.55. The molecule has 134 valence electrons. The summed E-state index contributed by atoms with van der Waals surface area (Å²) in [5.41, 5.74) is 5.31. The highest BCUT2D eigenvalue weighted by Crippen LogP contribution is 2.25. The topological polar surface area (TPSA) is 223 Å². The Morgan fingerprint density at radius 1 is 1.14 bits per heavy atom. The molecule has 0 aromatic rings. The smallest absolute Gasteiger partial charge is 0.388 e. The quantitative estimate of drug-likeness (QED) is 0.173. The summed E-state index contributed by atoms with van der Waals surface area (Å²) in [6.45, 7) is 1.33. The molecule has 0 saturated carbocycles. The third kappa shape index (κ3) is 8.43. The summed E-state index contributed by atoms with van der Waals surface area (Å²) in [4.78, 5) is 21.6. The van der Waals surface area contributed by atoms with Crippen molar-refractivity contribution in [3.05, 3.63) is 0 Å². The van der Waals surface area contributed by atoms with Gasteiger partial charge >= 0.3 is 7.82 Å². The first-order valence-electron chi connectivity index (χ1n) is 6.05. The molecule has 12 nitrogen and oxygen atoms in total. The highest BCUT2D eigenvalue weighted by molar-refractivity contribution is 7.45. The third-order valence-corrected chi connectivity index (χ3v) is 2.53. The van der Waals surface area contributed by atoms with Crippen LogP contribution in [-0.2, 0) is 14.0 Å². The molecule has 1 fully saturated rings. The third-order valence-electron chi connectivity index (χ3n) is 2.53. The normalized spacial score (nSPS) is 35.3. The highest BCUT2D eigenvalue weighted by Gasteiger charge is 2.45. The Balaban J connectivity index is 0.000000763. The first-order valence-corrected chi connectivity index (χ1v) is 7.62. The second kappa shape index (κ2) is 9.17. The molecule has 1 aliphatic rings. The predicted molar refractivity (Wildman–Crippen MR) is 68.8 cm³/mol. The van der Waals surface area contributed by atoms with Crippen LogP contribution in [0, 0.1) is 0 Å². The Morgan fingerprint density at radius 2 is 1.59 bits per heavy atom. The molecule has 1 rings (SSSR count). The van der Waals surface area contributed by atoms with Crippen LogP contribution in [0.25, 0.3) is 0 Å². The zero-order valence-electron chi connectivity index (χ0n) is 11.6. The molecule has 0 amide bonds. The number of phosphoric acid groups is 1. The fraction of sp³-hybridized carbons (Fsp3) is 1.00. The SMILES string of the molecule is CC(N)OC[C@@H](O)[C@H]1O[C@@H](O)[C@@H](O)[C@@H](O)[C@@H]1O.O=P(O)(O)O. The Labute approximate surface area is 125 Å². The van der Waals surface area contributed by atoms with Gasteiger partial charge in [-0.15, -0.1) is 0 Å². The Morgan fingerprint density at radius 3 is 2.00 bits per heavy atom. The summed E-state index contributed by atoms with van der Waals surface area (Å²) < 4.78 is 18.6. The monoisotopic (exact) mass is 351 g/mol. The van der Waals surface area contributed by atoms with Crippen LogP contribution in [0.3, 0.4) is 0 Å². The molecule has 0 bridgehead atoms. The summed E-state index contributed by atoms with van der Waals surface area (Å²) >= 11 is 0. The van der Waals surface area contributed by atoms with Crippen LogP contribution in [0.15, 0.2) is 0 Å². The summed E-state index contributed by atoms with van der Waals surface area (Å²) in [6, 6.07) is 0. The molecule has 1 saturated heterocycles. The van der Waals surface area contributed by atoms with Gasteiger partial charge in [-0.2, -0.15) is 0 Å². The zero-order valence-corrected chi connectivity index (χ0v) is 12.5. The lowest BCUT2D eigenvalue weighted by Gasteiger charge is -2.40. The largest absolute Gasteiger partial charge is 0.466 e. The Kier molecular flexibility index (Phi) is 9.09. The molecule has 1 heterocycles. The maximum Gasteiger partial charge on any atom is 0.466 e. The number of aliphatic hydroxyl groups excluding tert-OH is 5. The summed E-state index contributed by atoms with van der Waals surface area (Å²) in [6.07, 6.45) is -9.58. The van der Waals surface area contributed by atoms with Gasteiger partial charge in [-0.25, -0.2) is 4.57 Å². The van der Waals surface area contributed by atoms with E-state index in [1.807, 2.05) is 0 Å². The van der Waals surface area contributed by atoms with Gasteiger partial charge in [0.05, 0.1) is 6.61 Å². The minimum atomic E-state index is -4.64. The Bertz CT molecular complexity index is 355. The highest BCUT2D eigenvalue weighted by atomic mass is 31.2. The molecule has 0 spiro atoms. The molecule has 1 unspecified atom stereocenters. The van der Waals surface area contributed by atoms with Crippen molar-refractivity contribution in [1.82, 2.24) is 0 Å². The molecular weight excluding hydrogens is 329 g/mol. The van der Waals surface area contributed by atoms with E-state index in [9.17, 15) is 25.5 Å². The van der Waals surface area contributed by atoms with Crippen LogP contribution in [0.1, 0.15) is 6.92 Å². The molecule has 1 aliphatic heterocycles. The minimum absolute atomic E-state index is 0.227. The van der Waals surface area contributed by atoms with Gasteiger partial charge in [-0.1, -0.05) is 0 Å². The maximum atomic E-state index is 9.65. The van der Waals surface area contributed by atoms with Gasteiger partial charge in [0.25, 0.3) is 0 Å². The van der Waals surface area contributed by atoms with E-state index in [4.69, 9.17) is 34.5 Å². The number of hydrogen-bond donors (Lipinski definition) is 9. The van der Waals surface area contributed by atoms with Crippen LogP contribution in [0.2, 0.25) is 0 Å². The first-order chi connectivity index (χ1) is 9.84. The van der Waals surface area contributed by atoms with Crippen molar-refractivity contribution < 1.29 is 54.3 Å². The van der Waals surface area contributed by atoms with E-state index in [2.05, 4.69) is 0 Å². The molecule has 7 atom stereocenters. The second-order valence-electron chi connectivity index (χ2n) is 4.58. The predicted octanol–water partition coefficient (Wildman–Crippen LogP) is -4.46. The molecule has 0 radical (unpaired) electrons. The summed E-state index contributed by atoms with van der Waals surface area (Å²) in [7, 11) is -4.64. The summed E-state index contributed by atoms with van der Waals surface area (Å²) in [5, 5.41) is 47.1. The van der Waals surface area contributed by atoms with Crippen molar-refractivity contribution in [2.45, 2.75) is 50.0 Å². The van der Waals surface area contributed by atoms with Crippen LogP contribution in [0.5, 0.6) is 0 Å². The number of nitrogens with two attached hydrogens (primary N) is 1. The van der Waals surface area contributed by atoms with Gasteiger partial charge in [0, 0.05) is 0 Å². The molecular formula is C9H22NO11P.